The molecule has 2 aliphatic rings. The number of nitrogens with one attached hydrogen (secondary N) is 1. The summed E-state index contributed by atoms with van der Waals surface area (Å²) in [6.45, 7) is 8.84. The van der Waals surface area contributed by atoms with E-state index in [9.17, 15) is 4.79 Å². The van der Waals surface area contributed by atoms with Crippen molar-refractivity contribution in [1.29, 1.82) is 0 Å². The molecule has 2 aromatic rings. The minimum absolute atomic E-state index is 0.0451. The second-order valence-electron chi connectivity index (χ2n) is 9.57. The van der Waals surface area contributed by atoms with E-state index in [4.69, 9.17) is 4.74 Å². The van der Waals surface area contributed by atoms with Crippen LogP contribution in [0.25, 0.3) is 0 Å². The Bertz CT molecular complexity index is 844. The third-order valence-electron chi connectivity index (χ3n) is 6.80. The molecule has 33 heavy (non-hydrogen) atoms. The van der Waals surface area contributed by atoms with Crippen LogP contribution in [0.15, 0.2) is 48.8 Å². The van der Waals surface area contributed by atoms with Gasteiger partial charge in [-0.2, -0.15) is 0 Å². The smallest absolute Gasteiger partial charge is 0.223 e. The van der Waals surface area contributed by atoms with Gasteiger partial charge in [0.25, 0.3) is 0 Å². The summed E-state index contributed by atoms with van der Waals surface area (Å²) in [5.41, 5.74) is 2.59. The topological polar surface area (TPSA) is 57.7 Å². The molecule has 1 saturated carbocycles. The Morgan fingerprint density at radius 1 is 1.00 bits per heavy atom. The third kappa shape index (κ3) is 7.54. The number of rotatable bonds is 9. The maximum Gasteiger partial charge on any atom is 0.223 e. The first-order valence-electron chi connectivity index (χ1n) is 12.5. The van der Waals surface area contributed by atoms with Gasteiger partial charge in [-0.1, -0.05) is 37.5 Å². The fraction of sp³-hybridized carbons (Fsp3) is 0.556. The molecule has 1 aliphatic heterocycles. The summed E-state index contributed by atoms with van der Waals surface area (Å²) in [4.78, 5) is 21.6. The third-order valence-corrected chi connectivity index (χ3v) is 6.80. The van der Waals surface area contributed by atoms with Crippen LogP contribution in [0.5, 0.6) is 5.75 Å². The van der Waals surface area contributed by atoms with E-state index in [1.807, 2.05) is 37.5 Å². The molecule has 0 radical (unpaired) electrons. The molecule has 6 heteroatoms. The fourth-order valence-corrected chi connectivity index (χ4v) is 4.81. The van der Waals surface area contributed by atoms with Crippen molar-refractivity contribution < 1.29 is 9.53 Å². The Morgan fingerprint density at radius 2 is 1.67 bits per heavy atom. The van der Waals surface area contributed by atoms with Crippen molar-refractivity contribution in [1.82, 2.24) is 20.1 Å². The van der Waals surface area contributed by atoms with Crippen LogP contribution in [0.3, 0.4) is 0 Å². The average Bonchev–Trinajstić information content (AvgIpc) is 2.86. The second-order valence-corrected chi connectivity index (χ2v) is 9.57. The molecule has 6 nitrogen and oxygen atoms in total. The maximum atomic E-state index is 12.3. The number of hydrogen-bond donors (Lipinski definition) is 1. The van der Waals surface area contributed by atoms with Crippen molar-refractivity contribution in [2.24, 2.45) is 5.92 Å². The largest absolute Gasteiger partial charge is 0.489 e. The minimum Gasteiger partial charge on any atom is -0.489 e. The molecule has 178 valence electrons. The van der Waals surface area contributed by atoms with Crippen LogP contribution in [0.4, 0.5) is 0 Å². The number of aromatic nitrogens is 1. The summed E-state index contributed by atoms with van der Waals surface area (Å²) < 4.78 is 6.03. The SMILES string of the molecule is C[C@@H](CNC(=O)C1CCCCC1)Oc1ccc(CN2CCN(Cc3cccnc3)CC2)cc1. The molecular weight excluding hydrogens is 412 g/mol. The molecular formula is C27H38N4O2. The Balaban J connectivity index is 1.15. The molecule has 1 aromatic carbocycles. The van der Waals surface area contributed by atoms with Crippen molar-refractivity contribution in [2.75, 3.05) is 32.7 Å². The summed E-state index contributed by atoms with van der Waals surface area (Å²) in [7, 11) is 0. The molecule has 1 atom stereocenters. The summed E-state index contributed by atoms with van der Waals surface area (Å²) in [5.74, 6) is 1.25. The first kappa shape index (κ1) is 23.7. The number of amides is 1. The molecule has 4 rings (SSSR count). The van der Waals surface area contributed by atoms with Gasteiger partial charge in [0.2, 0.25) is 5.91 Å². The van der Waals surface area contributed by atoms with Gasteiger partial charge in [-0.3, -0.25) is 19.6 Å². The zero-order valence-electron chi connectivity index (χ0n) is 19.9. The Morgan fingerprint density at radius 3 is 2.30 bits per heavy atom. The summed E-state index contributed by atoms with van der Waals surface area (Å²) in [5, 5.41) is 3.08. The molecule has 0 unspecified atom stereocenters. The monoisotopic (exact) mass is 450 g/mol. The summed E-state index contributed by atoms with van der Waals surface area (Å²) >= 11 is 0. The fourth-order valence-electron chi connectivity index (χ4n) is 4.81. The van der Waals surface area contributed by atoms with Crippen LogP contribution < -0.4 is 10.1 Å². The van der Waals surface area contributed by atoms with Gasteiger partial charge in [0.1, 0.15) is 11.9 Å². The lowest BCUT2D eigenvalue weighted by molar-refractivity contribution is -0.126. The van der Waals surface area contributed by atoms with E-state index in [0.29, 0.717) is 6.54 Å². The molecule has 2 fully saturated rings. The van der Waals surface area contributed by atoms with Gasteiger partial charge in [-0.05, 0) is 49.1 Å². The average molecular weight is 451 g/mol. The zero-order valence-corrected chi connectivity index (χ0v) is 19.9. The molecule has 0 bridgehead atoms. The lowest BCUT2D eigenvalue weighted by Crippen LogP contribution is -2.45. The van der Waals surface area contributed by atoms with Crippen LogP contribution in [0.2, 0.25) is 0 Å². The van der Waals surface area contributed by atoms with Gasteiger partial charge in [0.05, 0.1) is 6.54 Å². The zero-order chi connectivity index (χ0) is 22.9. The van der Waals surface area contributed by atoms with Gasteiger partial charge < -0.3 is 10.1 Å². The van der Waals surface area contributed by atoms with E-state index >= 15 is 0 Å². The Hall–Kier alpha value is -2.44. The lowest BCUT2D eigenvalue weighted by Gasteiger charge is -2.34. The van der Waals surface area contributed by atoms with Crippen molar-refractivity contribution in [3.8, 4) is 5.75 Å². The number of pyridine rings is 1. The van der Waals surface area contributed by atoms with Crippen LogP contribution in [0.1, 0.15) is 50.2 Å². The minimum atomic E-state index is -0.0451. The molecule has 1 amide bonds. The number of ether oxygens (including phenoxy) is 1. The highest BCUT2D eigenvalue weighted by Crippen LogP contribution is 2.23. The van der Waals surface area contributed by atoms with Crippen LogP contribution in [0, 0.1) is 5.92 Å². The predicted molar refractivity (Wildman–Crippen MR) is 131 cm³/mol. The van der Waals surface area contributed by atoms with Gasteiger partial charge in [0.15, 0.2) is 0 Å². The maximum absolute atomic E-state index is 12.3. The van der Waals surface area contributed by atoms with E-state index in [1.165, 1.54) is 30.4 Å². The molecule has 1 aliphatic carbocycles. The van der Waals surface area contributed by atoms with Crippen molar-refractivity contribution >= 4 is 5.91 Å². The highest BCUT2D eigenvalue weighted by Gasteiger charge is 2.21. The van der Waals surface area contributed by atoms with Crippen LogP contribution in [-0.2, 0) is 17.9 Å². The molecule has 0 spiro atoms. The first-order valence-corrected chi connectivity index (χ1v) is 12.5. The van der Waals surface area contributed by atoms with Gasteiger partial charge in [-0.15, -0.1) is 0 Å². The number of benzene rings is 1. The Kier molecular flexibility index (Phi) is 8.72. The van der Waals surface area contributed by atoms with Crippen molar-refractivity contribution in [3.05, 3.63) is 59.9 Å². The quantitative estimate of drug-likeness (QED) is 0.629. The number of carbonyl (C=O) groups excluding carboxylic acids is 1. The summed E-state index contributed by atoms with van der Waals surface area (Å²) in [6, 6.07) is 12.6. The van der Waals surface area contributed by atoms with Gasteiger partial charge in [-0.25, -0.2) is 0 Å². The molecule has 1 N–H and O–H groups in total. The molecule has 1 aromatic heterocycles. The van der Waals surface area contributed by atoms with Crippen LogP contribution >= 0.6 is 0 Å². The van der Waals surface area contributed by atoms with E-state index in [0.717, 1.165) is 57.9 Å². The number of hydrogen-bond acceptors (Lipinski definition) is 5. The van der Waals surface area contributed by atoms with E-state index in [-0.39, 0.29) is 17.9 Å². The van der Waals surface area contributed by atoms with Gasteiger partial charge >= 0.3 is 0 Å². The van der Waals surface area contributed by atoms with Crippen molar-refractivity contribution in [2.45, 2.75) is 58.2 Å². The second kappa shape index (κ2) is 12.1. The summed E-state index contributed by atoms with van der Waals surface area (Å²) in [6.07, 6.45) is 9.42. The normalized spacial score (nSPS) is 19.2. The Labute approximate surface area is 198 Å². The highest BCUT2D eigenvalue weighted by atomic mass is 16.5. The lowest BCUT2D eigenvalue weighted by atomic mass is 9.89. The molecule has 2 heterocycles. The van der Waals surface area contributed by atoms with E-state index in [1.54, 1.807) is 0 Å². The van der Waals surface area contributed by atoms with E-state index in [2.05, 4.69) is 38.3 Å². The van der Waals surface area contributed by atoms with Crippen LogP contribution in [-0.4, -0.2) is 59.5 Å². The number of nitrogens with zero attached hydrogens (tertiary/aromatic N) is 3. The van der Waals surface area contributed by atoms with Crippen molar-refractivity contribution in [3.63, 3.8) is 0 Å². The van der Waals surface area contributed by atoms with E-state index < -0.39 is 0 Å². The standard InChI is InChI=1S/C27H38N4O2/c1-22(18-29-27(32)25-7-3-2-4-8-25)33-26-11-9-23(10-12-26)20-30-14-16-31(17-15-30)21-24-6-5-13-28-19-24/h5-6,9-13,19,22,25H,2-4,7-8,14-18,20-21H2,1H3,(H,29,32)/t22-/m0/s1. The predicted octanol–water partition coefficient (Wildman–Crippen LogP) is 3.86. The number of piperazine rings is 1. The highest BCUT2D eigenvalue weighted by molar-refractivity contribution is 5.78. The number of carbonyl (C=O) groups is 1. The molecule has 1 saturated heterocycles. The van der Waals surface area contributed by atoms with Gasteiger partial charge in [0, 0.05) is 57.6 Å². The first-order chi connectivity index (χ1) is 16.2.